The predicted molar refractivity (Wildman–Crippen MR) is 86.0 cm³/mol. The van der Waals surface area contributed by atoms with Crippen molar-refractivity contribution in [2.24, 2.45) is 0 Å². The monoisotopic (exact) mass is 310 g/mol. The zero-order valence-electron chi connectivity index (χ0n) is 13.1. The maximum absolute atomic E-state index is 12.5. The van der Waals surface area contributed by atoms with Crippen LogP contribution in [0.5, 0.6) is 0 Å². The van der Waals surface area contributed by atoms with Crippen LogP contribution in [0.3, 0.4) is 0 Å². The van der Waals surface area contributed by atoms with E-state index in [0.717, 1.165) is 11.1 Å². The van der Waals surface area contributed by atoms with Gasteiger partial charge in [0.25, 0.3) is 5.91 Å². The predicted octanol–water partition coefficient (Wildman–Crippen LogP) is 2.58. The summed E-state index contributed by atoms with van der Waals surface area (Å²) < 4.78 is 7.14. The quantitative estimate of drug-likeness (QED) is 0.786. The van der Waals surface area contributed by atoms with Gasteiger partial charge in [-0.1, -0.05) is 35.5 Å². The molecule has 0 aliphatic carbocycles. The molecule has 6 nitrogen and oxygen atoms in total. The maximum Gasteiger partial charge on any atom is 0.257 e. The van der Waals surface area contributed by atoms with E-state index < -0.39 is 0 Å². The van der Waals surface area contributed by atoms with Crippen LogP contribution in [-0.4, -0.2) is 27.4 Å². The molecule has 2 heterocycles. The number of aromatic nitrogens is 3. The van der Waals surface area contributed by atoms with Crippen molar-refractivity contribution in [3.8, 4) is 11.3 Å². The van der Waals surface area contributed by atoms with Crippen molar-refractivity contribution in [3.05, 3.63) is 59.5 Å². The third kappa shape index (κ3) is 3.31. The van der Waals surface area contributed by atoms with Crippen molar-refractivity contribution >= 4 is 5.91 Å². The molecule has 0 atom stereocenters. The average molecular weight is 310 g/mol. The van der Waals surface area contributed by atoms with Crippen LogP contribution < -0.4 is 5.32 Å². The van der Waals surface area contributed by atoms with Gasteiger partial charge in [-0.25, -0.2) is 0 Å². The van der Waals surface area contributed by atoms with Gasteiger partial charge < -0.3 is 9.84 Å². The highest BCUT2D eigenvalue weighted by Crippen LogP contribution is 2.25. The fourth-order valence-electron chi connectivity index (χ4n) is 2.39. The molecule has 118 valence electrons. The first-order chi connectivity index (χ1) is 11.1. The number of rotatable bonds is 5. The Hall–Kier alpha value is -2.89. The minimum Gasteiger partial charge on any atom is -0.355 e. The first-order valence-corrected chi connectivity index (χ1v) is 7.44. The summed E-state index contributed by atoms with van der Waals surface area (Å²) in [5, 5.41) is 11.0. The molecular weight excluding hydrogens is 292 g/mol. The van der Waals surface area contributed by atoms with Gasteiger partial charge in [0.05, 0.1) is 18.4 Å². The molecular formula is C17H18N4O2. The fraction of sp³-hybridized carbons (Fsp3) is 0.235. The van der Waals surface area contributed by atoms with Crippen LogP contribution in [0.2, 0.25) is 0 Å². The second-order valence-electron chi connectivity index (χ2n) is 5.37. The van der Waals surface area contributed by atoms with Crippen LogP contribution in [0.1, 0.15) is 21.6 Å². The number of carbonyl (C=O) groups is 1. The molecule has 2 aromatic heterocycles. The molecule has 23 heavy (non-hydrogen) atoms. The zero-order chi connectivity index (χ0) is 16.2. The highest BCUT2D eigenvalue weighted by molar-refractivity contribution is 6.00. The Morgan fingerprint density at radius 1 is 1.26 bits per heavy atom. The summed E-state index contributed by atoms with van der Waals surface area (Å²) >= 11 is 0. The lowest BCUT2D eigenvalue weighted by atomic mass is 10.1. The molecule has 6 heteroatoms. The number of hydrogen-bond donors (Lipinski definition) is 1. The molecule has 0 aliphatic heterocycles. The van der Waals surface area contributed by atoms with Gasteiger partial charge in [0, 0.05) is 18.3 Å². The van der Waals surface area contributed by atoms with Crippen LogP contribution >= 0.6 is 0 Å². The van der Waals surface area contributed by atoms with Gasteiger partial charge in [-0.05, 0) is 19.4 Å². The molecule has 0 saturated heterocycles. The third-order valence-electron chi connectivity index (χ3n) is 3.51. The largest absolute Gasteiger partial charge is 0.355 e. The molecule has 0 saturated carbocycles. The Morgan fingerprint density at radius 3 is 2.74 bits per heavy atom. The summed E-state index contributed by atoms with van der Waals surface area (Å²) in [5.41, 5.74) is 2.99. The first kappa shape index (κ1) is 15.0. The van der Waals surface area contributed by atoms with E-state index in [-0.39, 0.29) is 5.91 Å². The van der Waals surface area contributed by atoms with E-state index in [1.54, 1.807) is 17.8 Å². The van der Waals surface area contributed by atoms with E-state index in [2.05, 4.69) is 15.6 Å². The summed E-state index contributed by atoms with van der Waals surface area (Å²) in [4.78, 5) is 12.5. The number of carbonyl (C=O) groups excluding carboxylic acids is 1. The molecule has 3 rings (SSSR count). The van der Waals surface area contributed by atoms with Gasteiger partial charge >= 0.3 is 0 Å². The summed E-state index contributed by atoms with van der Waals surface area (Å²) in [7, 11) is 0. The SMILES string of the molecule is Cc1cnn(CCNC(=O)c2c(C)noc2-c2ccccc2)c1. The van der Waals surface area contributed by atoms with Crippen molar-refractivity contribution in [1.82, 2.24) is 20.3 Å². The Labute approximate surface area is 134 Å². The smallest absolute Gasteiger partial charge is 0.257 e. The molecule has 1 aromatic carbocycles. The van der Waals surface area contributed by atoms with Crippen molar-refractivity contribution in [1.29, 1.82) is 0 Å². The number of nitrogens with zero attached hydrogens (tertiary/aromatic N) is 3. The Kier molecular flexibility index (Phi) is 4.23. The van der Waals surface area contributed by atoms with Crippen molar-refractivity contribution in [2.75, 3.05) is 6.54 Å². The zero-order valence-corrected chi connectivity index (χ0v) is 13.1. The second-order valence-corrected chi connectivity index (χ2v) is 5.37. The van der Waals surface area contributed by atoms with Gasteiger partial charge in [-0.2, -0.15) is 5.10 Å². The van der Waals surface area contributed by atoms with E-state index in [1.165, 1.54) is 0 Å². The number of amides is 1. The van der Waals surface area contributed by atoms with Crippen molar-refractivity contribution in [2.45, 2.75) is 20.4 Å². The molecule has 0 fully saturated rings. The highest BCUT2D eigenvalue weighted by Gasteiger charge is 2.21. The summed E-state index contributed by atoms with van der Waals surface area (Å²) in [5.74, 6) is 0.307. The number of nitrogens with one attached hydrogen (secondary N) is 1. The number of aryl methyl sites for hydroxylation is 2. The average Bonchev–Trinajstić information content (AvgIpc) is 3.14. The van der Waals surface area contributed by atoms with E-state index in [0.29, 0.717) is 30.1 Å². The van der Waals surface area contributed by atoms with Crippen LogP contribution in [0.4, 0.5) is 0 Å². The Balaban J connectivity index is 1.71. The molecule has 0 unspecified atom stereocenters. The Bertz CT molecular complexity index is 805. The summed E-state index contributed by atoms with van der Waals surface area (Å²) in [6, 6.07) is 9.49. The molecule has 0 bridgehead atoms. The third-order valence-corrected chi connectivity index (χ3v) is 3.51. The lowest BCUT2D eigenvalue weighted by Gasteiger charge is -2.06. The number of benzene rings is 1. The molecule has 1 N–H and O–H groups in total. The summed E-state index contributed by atoms with van der Waals surface area (Å²) in [6.45, 7) is 4.85. The van der Waals surface area contributed by atoms with E-state index >= 15 is 0 Å². The van der Waals surface area contributed by atoms with Crippen LogP contribution in [-0.2, 0) is 6.54 Å². The normalized spacial score (nSPS) is 10.7. The van der Waals surface area contributed by atoms with Gasteiger partial charge in [-0.15, -0.1) is 0 Å². The minimum absolute atomic E-state index is 0.188. The molecule has 0 radical (unpaired) electrons. The fourth-order valence-corrected chi connectivity index (χ4v) is 2.39. The summed E-state index contributed by atoms with van der Waals surface area (Å²) in [6.07, 6.45) is 3.73. The second kappa shape index (κ2) is 6.48. The lowest BCUT2D eigenvalue weighted by Crippen LogP contribution is -2.28. The van der Waals surface area contributed by atoms with Gasteiger partial charge in [0.2, 0.25) is 0 Å². The van der Waals surface area contributed by atoms with Gasteiger partial charge in [0.15, 0.2) is 5.76 Å². The molecule has 0 aliphatic rings. The molecule has 3 aromatic rings. The topological polar surface area (TPSA) is 73.0 Å². The number of hydrogen-bond acceptors (Lipinski definition) is 4. The van der Waals surface area contributed by atoms with Crippen LogP contribution in [0.15, 0.2) is 47.2 Å². The van der Waals surface area contributed by atoms with Crippen LogP contribution in [0, 0.1) is 13.8 Å². The van der Waals surface area contributed by atoms with E-state index in [4.69, 9.17) is 4.52 Å². The highest BCUT2D eigenvalue weighted by atomic mass is 16.5. The molecule has 0 spiro atoms. The first-order valence-electron chi connectivity index (χ1n) is 7.44. The maximum atomic E-state index is 12.5. The van der Waals surface area contributed by atoms with Crippen LogP contribution in [0.25, 0.3) is 11.3 Å². The van der Waals surface area contributed by atoms with Crippen molar-refractivity contribution in [3.63, 3.8) is 0 Å². The molecule has 1 amide bonds. The lowest BCUT2D eigenvalue weighted by molar-refractivity contribution is 0.0951. The van der Waals surface area contributed by atoms with Gasteiger partial charge in [0.1, 0.15) is 5.56 Å². The van der Waals surface area contributed by atoms with Crippen molar-refractivity contribution < 1.29 is 9.32 Å². The van der Waals surface area contributed by atoms with E-state index in [1.807, 2.05) is 43.5 Å². The minimum atomic E-state index is -0.188. The Morgan fingerprint density at radius 2 is 2.04 bits per heavy atom. The van der Waals surface area contributed by atoms with E-state index in [9.17, 15) is 4.79 Å². The van der Waals surface area contributed by atoms with Gasteiger partial charge in [-0.3, -0.25) is 9.48 Å². The standard InChI is InChI=1S/C17H18N4O2/c1-12-10-19-21(11-12)9-8-18-17(22)15-13(2)20-23-16(15)14-6-4-3-5-7-14/h3-7,10-11H,8-9H2,1-2H3,(H,18,22).